The molecule has 0 bridgehead atoms. The SMILES string of the molecule is O=c1[nH]c(CSCc2ccccc2F)nc2scc(-c3ccccc3)c12. The van der Waals surface area contributed by atoms with Crippen LogP contribution in [0.3, 0.4) is 0 Å². The van der Waals surface area contributed by atoms with Gasteiger partial charge in [-0.3, -0.25) is 4.79 Å². The third kappa shape index (κ3) is 3.43. The Labute approximate surface area is 157 Å². The monoisotopic (exact) mass is 382 g/mol. The lowest BCUT2D eigenvalue weighted by Gasteiger charge is -2.04. The van der Waals surface area contributed by atoms with Crippen molar-refractivity contribution in [2.75, 3.05) is 0 Å². The number of halogens is 1. The molecule has 0 saturated heterocycles. The predicted molar refractivity (Wildman–Crippen MR) is 107 cm³/mol. The van der Waals surface area contributed by atoms with Gasteiger partial charge in [-0.1, -0.05) is 48.5 Å². The highest BCUT2D eigenvalue weighted by Gasteiger charge is 2.13. The van der Waals surface area contributed by atoms with Crippen LogP contribution in [0, 0.1) is 5.82 Å². The summed E-state index contributed by atoms with van der Waals surface area (Å²) >= 11 is 3.00. The molecule has 130 valence electrons. The lowest BCUT2D eigenvalue weighted by Crippen LogP contribution is -2.10. The molecule has 4 aromatic rings. The van der Waals surface area contributed by atoms with E-state index < -0.39 is 0 Å². The summed E-state index contributed by atoms with van der Waals surface area (Å²) in [7, 11) is 0. The summed E-state index contributed by atoms with van der Waals surface area (Å²) in [5.41, 5.74) is 2.44. The maximum atomic E-state index is 13.7. The molecule has 0 spiro atoms. The number of thiophene rings is 1. The first-order valence-electron chi connectivity index (χ1n) is 8.09. The zero-order valence-electron chi connectivity index (χ0n) is 13.7. The molecule has 6 heteroatoms. The van der Waals surface area contributed by atoms with Crippen LogP contribution in [-0.2, 0) is 11.5 Å². The summed E-state index contributed by atoms with van der Waals surface area (Å²) in [6.07, 6.45) is 0. The molecule has 1 N–H and O–H groups in total. The number of thioether (sulfide) groups is 1. The molecule has 0 aliphatic heterocycles. The van der Waals surface area contributed by atoms with Crippen molar-refractivity contribution < 1.29 is 4.39 Å². The van der Waals surface area contributed by atoms with Crippen LogP contribution in [0.25, 0.3) is 21.3 Å². The van der Waals surface area contributed by atoms with Crippen LogP contribution in [0.15, 0.2) is 64.8 Å². The van der Waals surface area contributed by atoms with Crippen molar-refractivity contribution in [1.82, 2.24) is 9.97 Å². The van der Waals surface area contributed by atoms with E-state index in [-0.39, 0.29) is 11.4 Å². The number of rotatable bonds is 5. The van der Waals surface area contributed by atoms with Gasteiger partial charge < -0.3 is 4.98 Å². The van der Waals surface area contributed by atoms with Gasteiger partial charge in [0, 0.05) is 16.7 Å². The normalized spacial score (nSPS) is 11.1. The second-order valence-electron chi connectivity index (χ2n) is 5.79. The minimum absolute atomic E-state index is 0.128. The minimum Gasteiger partial charge on any atom is -0.309 e. The van der Waals surface area contributed by atoms with E-state index in [4.69, 9.17) is 0 Å². The number of aromatic amines is 1. The summed E-state index contributed by atoms with van der Waals surface area (Å²) in [6, 6.07) is 16.6. The lowest BCUT2D eigenvalue weighted by molar-refractivity contribution is 0.617. The van der Waals surface area contributed by atoms with E-state index in [1.165, 1.54) is 29.2 Å². The standard InChI is InChI=1S/C20H15FN2OS2/c21-16-9-5-4-8-14(16)10-25-12-17-22-19(24)18-15(11-26-20(18)23-17)13-6-2-1-3-7-13/h1-9,11H,10,12H2,(H,22,23,24). The molecule has 26 heavy (non-hydrogen) atoms. The van der Waals surface area contributed by atoms with Crippen molar-refractivity contribution in [3.05, 3.63) is 87.5 Å². The van der Waals surface area contributed by atoms with Gasteiger partial charge in [-0.2, -0.15) is 0 Å². The number of aromatic nitrogens is 2. The summed E-state index contributed by atoms with van der Waals surface area (Å²) < 4.78 is 13.7. The smallest absolute Gasteiger partial charge is 0.260 e. The van der Waals surface area contributed by atoms with Crippen molar-refractivity contribution in [2.24, 2.45) is 0 Å². The van der Waals surface area contributed by atoms with Gasteiger partial charge in [-0.25, -0.2) is 9.37 Å². The van der Waals surface area contributed by atoms with Gasteiger partial charge in [-0.05, 0) is 17.2 Å². The van der Waals surface area contributed by atoms with Gasteiger partial charge in [0.05, 0.1) is 11.1 Å². The molecule has 0 radical (unpaired) electrons. The molecule has 4 rings (SSSR count). The average Bonchev–Trinajstić information content (AvgIpc) is 3.09. The van der Waals surface area contributed by atoms with Crippen molar-refractivity contribution in [2.45, 2.75) is 11.5 Å². The Hall–Kier alpha value is -2.44. The Morgan fingerprint density at radius 1 is 1.04 bits per heavy atom. The van der Waals surface area contributed by atoms with Crippen molar-refractivity contribution in [3.8, 4) is 11.1 Å². The van der Waals surface area contributed by atoms with Crippen LogP contribution < -0.4 is 5.56 Å². The highest BCUT2D eigenvalue weighted by Crippen LogP contribution is 2.30. The summed E-state index contributed by atoms with van der Waals surface area (Å²) in [4.78, 5) is 20.8. The summed E-state index contributed by atoms with van der Waals surface area (Å²) in [5.74, 6) is 1.47. The second-order valence-corrected chi connectivity index (χ2v) is 7.64. The quantitative estimate of drug-likeness (QED) is 0.514. The Morgan fingerprint density at radius 3 is 2.62 bits per heavy atom. The molecule has 0 aliphatic rings. The van der Waals surface area contributed by atoms with Crippen LogP contribution in [0.4, 0.5) is 4.39 Å². The van der Waals surface area contributed by atoms with Crippen molar-refractivity contribution in [1.29, 1.82) is 0 Å². The number of H-pyrrole nitrogens is 1. The van der Waals surface area contributed by atoms with Gasteiger partial charge >= 0.3 is 0 Å². The van der Waals surface area contributed by atoms with E-state index in [9.17, 15) is 9.18 Å². The molecule has 0 amide bonds. The van der Waals surface area contributed by atoms with E-state index >= 15 is 0 Å². The molecular formula is C20H15FN2OS2. The second kappa shape index (κ2) is 7.43. The number of nitrogens with one attached hydrogen (secondary N) is 1. The fourth-order valence-electron chi connectivity index (χ4n) is 2.77. The molecular weight excluding hydrogens is 367 g/mol. The topological polar surface area (TPSA) is 45.8 Å². The van der Waals surface area contributed by atoms with Crippen LogP contribution >= 0.6 is 23.1 Å². The fourth-order valence-corrected chi connectivity index (χ4v) is 4.62. The van der Waals surface area contributed by atoms with Crippen LogP contribution in [0.1, 0.15) is 11.4 Å². The van der Waals surface area contributed by atoms with Gasteiger partial charge in [0.1, 0.15) is 16.5 Å². The highest BCUT2D eigenvalue weighted by atomic mass is 32.2. The molecule has 3 nitrogen and oxygen atoms in total. The van der Waals surface area contributed by atoms with Crippen LogP contribution in [0.2, 0.25) is 0 Å². The molecule has 2 aromatic heterocycles. The first-order chi connectivity index (χ1) is 12.7. The molecule has 2 aromatic carbocycles. The van der Waals surface area contributed by atoms with Gasteiger partial charge in [0.2, 0.25) is 0 Å². The first kappa shape index (κ1) is 17.0. The molecule has 0 atom stereocenters. The third-order valence-corrected chi connectivity index (χ3v) is 5.90. The number of fused-ring (bicyclic) bond motifs is 1. The van der Waals surface area contributed by atoms with Crippen molar-refractivity contribution >= 4 is 33.3 Å². The largest absolute Gasteiger partial charge is 0.309 e. The molecule has 0 saturated carbocycles. The van der Waals surface area contributed by atoms with Crippen LogP contribution in [-0.4, -0.2) is 9.97 Å². The van der Waals surface area contributed by atoms with E-state index in [0.29, 0.717) is 28.3 Å². The maximum Gasteiger partial charge on any atom is 0.260 e. The zero-order chi connectivity index (χ0) is 17.9. The van der Waals surface area contributed by atoms with E-state index in [2.05, 4.69) is 9.97 Å². The number of benzene rings is 2. The minimum atomic E-state index is -0.206. The third-order valence-electron chi connectivity index (χ3n) is 4.03. The zero-order valence-corrected chi connectivity index (χ0v) is 15.4. The molecule has 2 heterocycles. The van der Waals surface area contributed by atoms with Gasteiger partial charge in [0.25, 0.3) is 5.56 Å². The van der Waals surface area contributed by atoms with Crippen LogP contribution in [0.5, 0.6) is 0 Å². The van der Waals surface area contributed by atoms with E-state index in [1.54, 1.807) is 12.1 Å². The van der Waals surface area contributed by atoms with Gasteiger partial charge in [0.15, 0.2) is 0 Å². The Bertz CT molecular complexity index is 1110. The highest BCUT2D eigenvalue weighted by molar-refractivity contribution is 7.97. The average molecular weight is 382 g/mol. The predicted octanol–water partition coefficient (Wildman–Crippen LogP) is 5.22. The Kier molecular flexibility index (Phi) is 4.86. The van der Waals surface area contributed by atoms with E-state index in [1.807, 2.05) is 41.8 Å². The summed E-state index contributed by atoms with van der Waals surface area (Å²) in [5, 5.41) is 2.60. The molecule has 0 fully saturated rings. The molecule has 0 aliphatic carbocycles. The maximum absolute atomic E-state index is 13.7. The first-order valence-corrected chi connectivity index (χ1v) is 10.1. The fraction of sp³-hybridized carbons (Fsp3) is 0.100. The van der Waals surface area contributed by atoms with Gasteiger partial charge in [-0.15, -0.1) is 23.1 Å². The number of nitrogens with zero attached hydrogens (tertiary/aromatic N) is 1. The number of hydrogen-bond donors (Lipinski definition) is 1. The Balaban J connectivity index is 1.57. The van der Waals surface area contributed by atoms with E-state index in [0.717, 1.165) is 16.0 Å². The Morgan fingerprint density at radius 2 is 1.81 bits per heavy atom. The van der Waals surface area contributed by atoms with Crippen molar-refractivity contribution in [3.63, 3.8) is 0 Å². The molecule has 0 unspecified atom stereocenters. The number of hydrogen-bond acceptors (Lipinski definition) is 4. The summed E-state index contributed by atoms with van der Waals surface area (Å²) in [6.45, 7) is 0. The lowest BCUT2D eigenvalue weighted by atomic mass is 10.1.